The van der Waals surface area contributed by atoms with Crippen LogP contribution in [0.3, 0.4) is 0 Å². The molecule has 0 fully saturated rings. The Kier molecular flexibility index (Phi) is 13.7. The van der Waals surface area contributed by atoms with Crippen LogP contribution in [-0.4, -0.2) is 32.4 Å². The Morgan fingerprint density at radius 2 is 1.15 bits per heavy atom. The van der Waals surface area contributed by atoms with Gasteiger partial charge < -0.3 is 25.2 Å². The normalized spacial score (nSPS) is 17.2. The van der Waals surface area contributed by atoms with Crippen LogP contribution in [0, 0.1) is 18.8 Å². The summed E-state index contributed by atoms with van der Waals surface area (Å²) in [6.45, 7) is 26.9. The van der Waals surface area contributed by atoms with E-state index in [1.807, 2.05) is 6.07 Å². The van der Waals surface area contributed by atoms with Crippen molar-refractivity contribution in [1.82, 2.24) is 0 Å². The Labute approximate surface area is 426 Å². The summed E-state index contributed by atoms with van der Waals surface area (Å²) in [5, 5.41) is 44.6. The van der Waals surface area contributed by atoms with E-state index in [1.54, 1.807) is 18.2 Å². The Bertz CT molecular complexity index is 3180. The van der Waals surface area contributed by atoms with Crippen LogP contribution < -0.4 is 4.74 Å². The number of rotatable bonds is 9. The van der Waals surface area contributed by atoms with Crippen molar-refractivity contribution in [1.29, 1.82) is 0 Å². The minimum absolute atomic E-state index is 0.000739. The van der Waals surface area contributed by atoms with E-state index in [1.165, 1.54) is 63.7 Å². The van der Waals surface area contributed by atoms with Gasteiger partial charge in [0.25, 0.3) is 0 Å². The Morgan fingerprint density at radius 1 is 0.639 bits per heavy atom. The predicted molar refractivity (Wildman–Crippen MR) is 290 cm³/mol. The lowest BCUT2D eigenvalue weighted by atomic mass is 9.61. The number of carbonyl (C=O) groups is 2. The molecule has 72 heavy (non-hydrogen) atoms. The van der Waals surface area contributed by atoms with E-state index in [9.17, 15) is 30.0 Å². The lowest BCUT2D eigenvalue weighted by molar-refractivity contribution is 0.0680. The quantitative estimate of drug-likeness (QED) is 0.0646. The van der Waals surface area contributed by atoms with Gasteiger partial charge in [-0.2, -0.15) is 0 Å². The average Bonchev–Trinajstić information content (AvgIpc) is 3.32. The highest BCUT2D eigenvalue weighted by atomic mass is 16.5. The van der Waals surface area contributed by atoms with Crippen LogP contribution in [0.15, 0.2) is 115 Å². The molecule has 8 rings (SSSR count). The molecule has 0 bridgehead atoms. The van der Waals surface area contributed by atoms with Crippen molar-refractivity contribution in [3.05, 3.63) is 182 Å². The molecule has 7 nitrogen and oxygen atoms in total. The number of aromatic hydroxyl groups is 1. The number of hydrogen-bond acceptors (Lipinski definition) is 6. The van der Waals surface area contributed by atoms with Crippen LogP contribution in [0.1, 0.15) is 190 Å². The summed E-state index contributed by atoms with van der Waals surface area (Å²) < 4.78 is 5.66. The molecule has 2 unspecified atom stereocenters. The number of esters is 1. The van der Waals surface area contributed by atoms with Crippen molar-refractivity contribution in [3.8, 4) is 45.6 Å². The van der Waals surface area contributed by atoms with E-state index < -0.39 is 24.1 Å². The maximum absolute atomic E-state index is 13.6. The second-order valence-electron chi connectivity index (χ2n) is 23.9. The standard InChI is InChI=1S/C65H70O7/c1-39-13-19-42(20-14-39)49-35-44(37-51-57(49)64(9,10)31-29-62(51,5)6)53(66)27-17-40-15-25-47(55(68)33-40)60(71)72-56-34-41(16-26-48(56)59(69)70)18-28-54(67)45-36-50(43-21-23-46(24-22-43)61(2,3)4)58-52(38-45)63(7,8)30-32-65(58,11)12/h13-17,19-27,33-38,53-54,66-68H,29-32H2,1-12H3,(H,69,70)/b27-17+. The Balaban J connectivity index is 1.04. The summed E-state index contributed by atoms with van der Waals surface area (Å²) in [7, 11) is 0. The fourth-order valence-corrected chi connectivity index (χ4v) is 10.7. The molecule has 4 N–H and O–H groups in total. The van der Waals surface area contributed by atoms with Gasteiger partial charge in [-0.3, -0.25) is 0 Å². The molecular weight excluding hydrogens is 893 g/mol. The molecule has 0 radical (unpaired) electrons. The average molecular weight is 963 g/mol. The molecule has 0 amide bonds. The number of aliphatic hydroxyl groups excluding tert-OH is 2. The number of aryl methyl sites for hydroxylation is 1. The van der Waals surface area contributed by atoms with Crippen LogP contribution in [0.4, 0.5) is 0 Å². The van der Waals surface area contributed by atoms with Gasteiger partial charge in [0.05, 0.1) is 6.10 Å². The lowest BCUT2D eigenvalue weighted by Crippen LogP contribution is -2.34. The summed E-state index contributed by atoms with van der Waals surface area (Å²) in [6, 6.07) is 34.1. The second-order valence-corrected chi connectivity index (χ2v) is 23.9. The van der Waals surface area contributed by atoms with Crippen LogP contribution >= 0.6 is 0 Å². The van der Waals surface area contributed by atoms with E-state index in [-0.39, 0.29) is 49.7 Å². The molecule has 7 heteroatoms. The molecule has 2 aliphatic rings. The number of benzene rings is 6. The zero-order chi connectivity index (χ0) is 52.3. The number of ether oxygens (including phenoxy) is 1. The Hall–Kier alpha value is -6.72. The van der Waals surface area contributed by atoms with E-state index in [0.29, 0.717) is 16.7 Å². The van der Waals surface area contributed by atoms with Gasteiger partial charge in [-0.05, 0) is 169 Å². The molecule has 372 valence electrons. The first-order chi connectivity index (χ1) is 33.6. The summed E-state index contributed by atoms with van der Waals surface area (Å²) in [5.41, 5.74) is 13.2. The highest BCUT2D eigenvalue weighted by Crippen LogP contribution is 2.52. The van der Waals surface area contributed by atoms with Gasteiger partial charge in [-0.25, -0.2) is 9.59 Å². The van der Waals surface area contributed by atoms with Crippen molar-refractivity contribution >= 4 is 18.0 Å². The molecule has 6 aromatic rings. The van der Waals surface area contributed by atoms with Gasteiger partial charge in [0, 0.05) is 5.56 Å². The predicted octanol–water partition coefficient (Wildman–Crippen LogP) is 14.8. The number of aromatic carboxylic acids is 1. The van der Waals surface area contributed by atoms with E-state index in [4.69, 9.17) is 4.74 Å². The van der Waals surface area contributed by atoms with Crippen molar-refractivity contribution in [2.75, 3.05) is 0 Å². The highest BCUT2D eigenvalue weighted by Gasteiger charge is 2.41. The topological polar surface area (TPSA) is 124 Å². The highest BCUT2D eigenvalue weighted by molar-refractivity contribution is 5.97. The largest absolute Gasteiger partial charge is 0.507 e. The van der Waals surface area contributed by atoms with Gasteiger partial charge in [-0.1, -0.05) is 172 Å². The molecule has 2 atom stereocenters. The Morgan fingerprint density at radius 3 is 1.69 bits per heavy atom. The summed E-state index contributed by atoms with van der Waals surface area (Å²) >= 11 is 0. The molecule has 2 aliphatic carbocycles. The fourth-order valence-electron chi connectivity index (χ4n) is 10.7. The third-order valence-electron chi connectivity index (χ3n) is 15.4. The SMILES string of the molecule is Cc1ccc(-c2cc(C(O)/C=C/c3ccc(C(=O)Oc4cc(C#CC(O)c5cc(-c6ccc(C(C)(C)C)cc6)c6c(c5)C(C)(C)CCC6(C)C)ccc4C(=O)O)c(O)c3)cc3c2C(C)(C)CCC3(C)C)cc1. The van der Waals surface area contributed by atoms with E-state index in [0.717, 1.165) is 53.5 Å². The number of phenols is 1. The molecule has 0 spiro atoms. The van der Waals surface area contributed by atoms with Crippen molar-refractivity contribution in [2.24, 2.45) is 0 Å². The second kappa shape index (κ2) is 19.0. The van der Waals surface area contributed by atoms with Crippen molar-refractivity contribution in [3.63, 3.8) is 0 Å². The smallest absolute Gasteiger partial charge is 0.347 e. The van der Waals surface area contributed by atoms with Gasteiger partial charge in [-0.15, -0.1) is 0 Å². The number of fused-ring (bicyclic) bond motifs is 2. The van der Waals surface area contributed by atoms with Crippen molar-refractivity contribution in [2.45, 2.75) is 148 Å². The van der Waals surface area contributed by atoms with Gasteiger partial charge >= 0.3 is 11.9 Å². The first kappa shape index (κ1) is 51.6. The van der Waals surface area contributed by atoms with E-state index in [2.05, 4.69) is 162 Å². The third-order valence-corrected chi connectivity index (χ3v) is 15.4. The monoisotopic (exact) mass is 963 g/mol. The number of phenolic OH excluding ortho intramolecular Hbond substituents is 1. The zero-order valence-corrected chi connectivity index (χ0v) is 44.0. The summed E-state index contributed by atoms with van der Waals surface area (Å²) in [4.78, 5) is 26.0. The maximum atomic E-state index is 13.6. The van der Waals surface area contributed by atoms with Crippen molar-refractivity contribution < 1.29 is 34.8 Å². The molecular formula is C65H70O7. The van der Waals surface area contributed by atoms with Crippen LogP contribution in [0.25, 0.3) is 28.3 Å². The minimum Gasteiger partial charge on any atom is -0.507 e. The summed E-state index contributed by atoms with van der Waals surface area (Å²) in [6.07, 6.45) is 5.29. The minimum atomic E-state index is -1.32. The van der Waals surface area contributed by atoms with Crippen LogP contribution in [-0.2, 0) is 27.1 Å². The molecule has 6 aromatic carbocycles. The van der Waals surface area contributed by atoms with Gasteiger partial charge in [0.15, 0.2) is 0 Å². The fraction of sp³-hybridized carbons (Fsp3) is 0.354. The van der Waals surface area contributed by atoms with E-state index >= 15 is 0 Å². The zero-order valence-electron chi connectivity index (χ0n) is 44.0. The molecule has 0 aliphatic heterocycles. The number of carboxylic acids is 1. The number of hydrogen-bond donors (Lipinski definition) is 4. The van der Waals surface area contributed by atoms with Gasteiger partial charge in [0.2, 0.25) is 0 Å². The first-order valence-electron chi connectivity index (χ1n) is 25.2. The number of aliphatic hydroxyl groups is 2. The molecule has 0 aromatic heterocycles. The van der Waals surface area contributed by atoms with Gasteiger partial charge in [0.1, 0.15) is 28.7 Å². The molecule has 0 saturated heterocycles. The molecule has 0 heterocycles. The third kappa shape index (κ3) is 10.4. The summed E-state index contributed by atoms with van der Waals surface area (Å²) in [5.74, 6) is 3.03. The van der Waals surface area contributed by atoms with Crippen LogP contribution in [0.5, 0.6) is 11.5 Å². The lowest BCUT2D eigenvalue weighted by Gasteiger charge is -2.43. The molecule has 0 saturated carbocycles. The van der Waals surface area contributed by atoms with Crippen LogP contribution in [0.2, 0.25) is 0 Å². The number of carbonyl (C=O) groups excluding carboxylic acids is 1. The maximum Gasteiger partial charge on any atom is 0.347 e. The first-order valence-corrected chi connectivity index (χ1v) is 25.2. The number of carboxylic acid groups (broad SMARTS) is 1.